The van der Waals surface area contributed by atoms with Gasteiger partial charge in [0.15, 0.2) is 0 Å². The third-order valence-electron chi connectivity index (χ3n) is 2.72. The summed E-state index contributed by atoms with van der Waals surface area (Å²) < 4.78 is 0. The predicted molar refractivity (Wildman–Crippen MR) is 73.4 cm³/mol. The number of benzene rings is 1. The smallest absolute Gasteiger partial charge is 0.0900 e. The molecule has 1 heterocycles. The Balaban J connectivity index is 1.75. The molecule has 90 valence electrons. The summed E-state index contributed by atoms with van der Waals surface area (Å²) in [5.41, 5.74) is 2.55. The summed E-state index contributed by atoms with van der Waals surface area (Å²) in [5.74, 6) is 0. The normalized spacial score (nSPS) is 10.7. The van der Waals surface area contributed by atoms with Crippen LogP contribution in [-0.2, 0) is 13.0 Å². The third kappa shape index (κ3) is 3.65. The lowest BCUT2D eigenvalue weighted by Gasteiger charge is -2.03. The molecule has 0 aliphatic rings. The van der Waals surface area contributed by atoms with E-state index >= 15 is 0 Å². The van der Waals surface area contributed by atoms with Gasteiger partial charge in [0.25, 0.3) is 0 Å². The molecule has 1 aromatic carbocycles. The first-order chi connectivity index (χ1) is 8.25. The zero-order valence-electron chi connectivity index (χ0n) is 10.4. The predicted octanol–water partition coefficient (Wildman–Crippen LogP) is 3.09. The lowest BCUT2D eigenvalue weighted by Crippen LogP contribution is -2.16. The minimum Gasteiger partial charge on any atom is -0.311 e. The number of aromatic nitrogens is 1. The van der Waals surface area contributed by atoms with E-state index in [-0.39, 0.29) is 0 Å². The van der Waals surface area contributed by atoms with Gasteiger partial charge in [0, 0.05) is 11.4 Å². The molecule has 0 spiro atoms. The molecule has 0 atom stereocenters. The van der Waals surface area contributed by atoms with Crippen molar-refractivity contribution in [1.29, 1.82) is 0 Å². The van der Waals surface area contributed by atoms with E-state index in [9.17, 15) is 0 Å². The molecule has 0 fully saturated rings. The molecule has 3 heteroatoms. The lowest BCUT2D eigenvalue weighted by atomic mass is 10.1. The van der Waals surface area contributed by atoms with E-state index in [1.54, 1.807) is 11.3 Å². The van der Waals surface area contributed by atoms with Gasteiger partial charge in [0.1, 0.15) is 0 Å². The topological polar surface area (TPSA) is 24.9 Å². The minimum absolute atomic E-state index is 0.935. The highest BCUT2D eigenvalue weighted by molar-refractivity contribution is 7.11. The minimum atomic E-state index is 0.935. The standard InChI is InChI=1S/C14H18N2S/c1-11-14(17-12(2)16-11)10-15-9-8-13-6-4-3-5-7-13/h3-7,15H,8-10H2,1-2H3. The average molecular weight is 246 g/mol. The summed E-state index contributed by atoms with van der Waals surface area (Å²) in [6.07, 6.45) is 1.08. The third-order valence-corrected chi connectivity index (χ3v) is 3.79. The van der Waals surface area contributed by atoms with Crippen molar-refractivity contribution in [2.75, 3.05) is 6.54 Å². The molecule has 17 heavy (non-hydrogen) atoms. The molecular weight excluding hydrogens is 228 g/mol. The highest BCUT2D eigenvalue weighted by Crippen LogP contribution is 2.16. The van der Waals surface area contributed by atoms with Gasteiger partial charge in [0.05, 0.1) is 10.7 Å². The van der Waals surface area contributed by atoms with Crippen LogP contribution in [0, 0.1) is 13.8 Å². The first-order valence-electron chi connectivity index (χ1n) is 5.93. The van der Waals surface area contributed by atoms with Crippen LogP contribution >= 0.6 is 11.3 Å². The maximum Gasteiger partial charge on any atom is 0.0900 e. The first-order valence-corrected chi connectivity index (χ1v) is 6.75. The van der Waals surface area contributed by atoms with Crippen LogP contribution in [0.1, 0.15) is 21.1 Å². The maximum absolute atomic E-state index is 4.43. The van der Waals surface area contributed by atoms with Crippen molar-refractivity contribution in [2.45, 2.75) is 26.8 Å². The van der Waals surface area contributed by atoms with Gasteiger partial charge in [-0.2, -0.15) is 0 Å². The van der Waals surface area contributed by atoms with Gasteiger partial charge in [0.2, 0.25) is 0 Å². The fourth-order valence-electron chi connectivity index (χ4n) is 1.82. The Labute approximate surface area is 107 Å². The largest absolute Gasteiger partial charge is 0.311 e. The van der Waals surface area contributed by atoms with Crippen molar-refractivity contribution in [2.24, 2.45) is 0 Å². The zero-order valence-corrected chi connectivity index (χ0v) is 11.2. The highest BCUT2D eigenvalue weighted by Gasteiger charge is 2.03. The van der Waals surface area contributed by atoms with Crippen molar-refractivity contribution in [1.82, 2.24) is 10.3 Å². The van der Waals surface area contributed by atoms with Gasteiger partial charge < -0.3 is 5.32 Å². The molecule has 0 saturated heterocycles. The van der Waals surface area contributed by atoms with Gasteiger partial charge in [-0.1, -0.05) is 30.3 Å². The van der Waals surface area contributed by atoms with E-state index in [1.807, 2.05) is 0 Å². The number of aryl methyl sites for hydroxylation is 2. The molecule has 2 aromatic rings. The summed E-state index contributed by atoms with van der Waals surface area (Å²) in [4.78, 5) is 5.78. The van der Waals surface area contributed by atoms with E-state index in [2.05, 4.69) is 54.5 Å². The quantitative estimate of drug-likeness (QED) is 0.820. The van der Waals surface area contributed by atoms with Crippen LogP contribution in [0.3, 0.4) is 0 Å². The zero-order chi connectivity index (χ0) is 12.1. The fourth-order valence-corrected chi connectivity index (χ4v) is 2.72. The van der Waals surface area contributed by atoms with Crippen LogP contribution in [0.5, 0.6) is 0 Å². The Morgan fingerprint density at radius 3 is 2.59 bits per heavy atom. The molecule has 0 aliphatic carbocycles. The number of hydrogen-bond donors (Lipinski definition) is 1. The van der Waals surface area contributed by atoms with Crippen LogP contribution in [-0.4, -0.2) is 11.5 Å². The summed E-state index contributed by atoms with van der Waals surface area (Å²) in [6.45, 7) is 6.09. The molecule has 0 radical (unpaired) electrons. The Morgan fingerprint density at radius 1 is 1.18 bits per heavy atom. The molecular formula is C14H18N2S. The Hall–Kier alpha value is -1.19. The summed E-state index contributed by atoms with van der Waals surface area (Å²) >= 11 is 1.79. The number of nitrogens with one attached hydrogen (secondary N) is 1. The molecule has 0 aliphatic heterocycles. The monoisotopic (exact) mass is 246 g/mol. The molecule has 0 bridgehead atoms. The molecule has 2 nitrogen and oxygen atoms in total. The number of thiazole rings is 1. The fraction of sp³-hybridized carbons (Fsp3) is 0.357. The molecule has 2 rings (SSSR count). The second-order valence-corrected chi connectivity index (χ2v) is 5.44. The number of nitrogens with zero attached hydrogens (tertiary/aromatic N) is 1. The van der Waals surface area contributed by atoms with Crippen LogP contribution < -0.4 is 5.32 Å². The number of rotatable bonds is 5. The summed E-state index contributed by atoms with van der Waals surface area (Å²) in [5, 5.41) is 4.63. The van der Waals surface area contributed by atoms with Crippen molar-refractivity contribution < 1.29 is 0 Å². The van der Waals surface area contributed by atoms with Gasteiger partial charge in [-0.3, -0.25) is 0 Å². The van der Waals surface area contributed by atoms with Crippen molar-refractivity contribution in [3.8, 4) is 0 Å². The molecule has 1 N–H and O–H groups in total. The van der Waals surface area contributed by atoms with Crippen molar-refractivity contribution in [3.63, 3.8) is 0 Å². The summed E-state index contributed by atoms with van der Waals surface area (Å²) in [7, 11) is 0. The first kappa shape index (κ1) is 12.3. The van der Waals surface area contributed by atoms with E-state index in [1.165, 1.54) is 16.1 Å². The van der Waals surface area contributed by atoms with E-state index < -0.39 is 0 Å². The molecule has 0 unspecified atom stereocenters. The van der Waals surface area contributed by atoms with Gasteiger partial charge in [-0.25, -0.2) is 4.98 Å². The SMILES string of the molecule is Cc1nc(C)c(CNCCc2ccccc2)s1. The Kier molecular flexibility index (Phi) is 4.29. The maximum atomic E-state index is 4.43. The number of hydrogen-bond acceptors (Lipinski definition) is 3. The van der Waals surface area contributed by atoms with Crippen LogP contribution in [0.25, 0.3) is 0 Å². The van der Waals surface area contributed by atoms with Gasteiger partial charge in [-0.15, -0.1) is 11.3 Å². The van der Waals surface area contributed by atoms with Crippen LogP contribution in [0.2, 0.25) is 0 Å². The lowest BCUT2D eigenvalue weighted by molar-refractivity contribution is 0.690. The molecule has 0 amide bonds. The van der Waals surface area contributed by atoms with Gasteiger partial charge >= 0.3 is 0 Å². The summed E-state index contributed by atoms with van der Waals surface area (Å²) in [6, 6.07) is 10.6. The van der Waals surface area contributed by atoms with Crippen LogP contribution in [0.4, 0.5) is 0 Å². The second kappa shape index (κ2) is 5.94. The van der Waals surface area contributed by atoms with E-state index in [0.717, 1.165) is 24.5 Å². The van der Waals surface area contributed by atoms with Crippen LogP contribution in [0.15, 0.2) is 30.3 Å². The molecule has 1 aromatic heterocycles. The Bertz CT molecular complexity index is 462. The molecule has 0 saturated carbocycles. The van der Waals surface area contributed by atoms with Crippen molar-refractivity contribution >= 4 is 11.3 Å². The Morgan fingerprint density at radius 2 is 1.94 bits per heavy atom. The van der Waals surface area contributed by atoms with Crippen molar-refractivity contribution in [3.05, 3.63) is 51.5 Å². The van der Waals surface area contributed by atoms with E-state index in [0.29, 0.717) is 0 Å². The second-order valence-electron chi connectivity index (χ2n) is 4.15. The average Bonchev–Trinajstić information content (AvgIpc) is 2.65. The van der Waals surface area contributed by atoms with Gasteiger partial charge in [-0.05, 0) is 32.4 Å². The highest BCUT2D eigenvalue weighted by atomic mass is 32.1. The van der Waals surface area contributed by atoms with E-state index in [4.69, 9.17) is 0 Å².